The van der Waals surface area contributed by atoms with Crippen LogP contribution in [0.2, 0.25) is 0 Å². The summed E-state index contributed by atoms with van der Waals surface area (Å²) in [6.07, 6.45) is 4.83. The lowest BCUT2D eigenvalue weighted by molar-refractivity contribution is 0.115. The fourth-order valence-corrected chi connectivity index (χ4v) is 2.99. The summed E-state index contributed by atoms with van der Waals surface area (Å²) in [4.78, 5) is 30.4. The Labute approximate surface area is 119 Å². The maximum Gasteiger partial charge on any atom is 0.321 e. The van der Waals surface area contributed by atoms with Crippen molar-refractivity contribution < 1.29 is 14.3 Å². The smallest absolute Gasteiger partial charge is 0.321 e. The second-order valence-electron chi connectivity index (χ2n) is 4.86. The summed E-state index contributed by atoms with van der Waals surface area (Å²) in [5, 5.41) is 0. The molecule has 0 aliphatic heterocycles. The van der Waals surface area contributed by atoms with E-state index < -0.39 is 6.72 Å². The molecule has 0 unspecified atom stereocenters. The fraction of sp³-hybridized carbons (Fsp3) is 0.500. The summed E-state index contributed by atoms with van der Waals surface area (Å²) in [5.41, 5.74) is 7.07. The number of nitrogen functional groups attached to an aromatic ring is 1. The van der Waals surface area contributed by atoms with E-state index in [0.29, 0.717) is 11.3 Å². The first kappa shape index (κ1) is 13.8. The average Bonchev–Trinajstić information content (AvgIpc) is 2.71. The van der Waals surface area contributed by atoms with Gasteiger partial charge in [0.25, 0.3) is 0 Å². The van der Waals surface area contributed by atoms with Gasteiger partial charge in [0.1, 0.15) is 11.8 Å². The van der Waals surface area contributed by atoms with Gasteiger partial charge < -0.3 is 24.6 Å². The third-order valence-corrected chi connectivity index (χ3v) is 4.27. The summed E-state index contributed by atoms with van der Waals surface area (Å²) < 4.78 is 6.84. The SMILES string of the molecule is Nc1ncnc2c1ncn2C1CC(COP(O)(O)=S)C1. The molecular weight excluding hydrogens is 301 g/mol. The summed E-state index contributed by atoms with van der Waals surface area (Å²) in [7, 11) is 0. The van der Waals surface area contributed by atoms with Gasteiger partial charge in [0.15, 0.2) is 11.5 Å². The van der Waals surface area contributed by atoms with Crippen molar-refractivity contribution in [1.82, 2.24) is 19.5 Å². The van der Waals surface area contributed by atoms with Gasteiger partial charge in [-0.2, -0.15) is 0 Å². The number of nitrogens with two attached hydrogens (primary N) is 1. The molecule has 0 bridgehead atoms. The number of fused-ring (bicyclic) bond motifs is 1. The lowest BCUT2D eigenvalue weighted by atomic mass is 9.81. The number of aromatic nitrogens is 4. The molecule has 2 aromatic rings. The second kappa shape index (κ2) is 5.01. The minimum Gasteiger partial charge on any atom is -0.382 e. The Kier molecular flexibility index (Phi) is 3.47. The van der Waals surface area contributed by atoms with Gasteiger partial charge in [-0.15, -0.1) is 0 Å². The van der Waals surface area contributed by atoms with Crippen LogP contribution >= 0.6 is 6.72 Å². The molecule has 0 saturated heterocycles. The van der Waals surface area contributed by atoms with Gasteiger partial charge in [0.05, 0.1) is 12.9 Å². The molecule has 0 atom stereocenters. The molecule has 8 nitrogen and oxygen atoms in total. The van der Waals surface area contributed by atoms with Gasteiger partial charge in [-0.1, -0.05) is 0 Å². The molecule has 1 saturated carbocycles. The zero-order valence-corrected chi connectivity index (χ0v) is 12.2. The minimum absolute atomic E-state index is 0.262. The van der Waals surface area contributed by atoms with E-state index in [0.717, 1.165) is 18.5 Å². The van der Waals surface area contributed by atoms with Crippen molar-refractivity contribution in [2.45, 2.75) is 18.9 Å². The van der Waals surface area contributed by atoms with Crippen molar-refractivity contribution >= 4 is 35.5 Å². The Hall–Kier alpha value is -1.12. The largest absolute Gasteiger partial charge is 0.382 e. The molecule has 1 aliphatic carbocycles. The quantitative estimate of drug-likeness (QED) is 0.701. The van der Waals surface area contributed by atoms with Gasteiger partial charge in [-0.25, -0.2) is 15.0 Å². The lowest BCUT2D eigenvalue weighted by Crippen LogP contribution is -2.29. The highest BCUT2D eigenvalue weighted by atomic mass is 32.5. The molecule has 1 aliphatic rings. The maximum atomic E-state index is 9.02. The van der Waals surface area contributed by atoms with Crippen LogP contribution < -0.4 is 5.73 Å². The molecule has 2 heterocycles. The summed E-state index contributed by atoms with van der Waals surface area (Å²) in [5.74, 6) is 0.632. The molecule has 0 spiro atoms. The topological polar surface area (TPSA) is 119 Å². The van der Waals surface area contributed by atoms with E-state index in [4.69, 9.17) is 20.0 Å². The van der Waals surface area contributed by atoms with Gasteiger partial charge >= 0.3 is 6.72 Å². The summed E-state index contributed by atoms with van der Waals surface area (Å²) in [6, 6.07) is 0.262. The van der Waals surface area contributed by atoms with Crippen LogP contribution in [0.5, 0.6) is 0 Å². The van der Waals surface area contributed by atoms with Crippen LogP contribution in [0.4, 0.5) is 5.82 Å². The van der Waals surface area contributed by atoms with E-state index in [9.17, 15) is 0 Å². The van der Waals surface area contributed by atoms with Crippen molar-refractivity contribution in [1.29, 1.82) is 0 Å². The molecule has 4 N–H and O–H groups in total. The van der Waals surface area contributed by atoms with Crippen LogP contribution in [0.15, 0.2) is 12.7 Å². The third kappa shape index (κ3) is 2.68. The predicted molar refractivity (Wildman–Crippen MR) is 76.2 cm³/mol. The van der Waals surface area contributed by atoms with Crippen LogP contribution in [0.25, 0.3) is 11.2 Å². The highest BCUT2D eigenvalue weighted by Gasteiger charge is 2.32. The van der Waals surface area contributed by atoms with Crippen LogP contribution in [-0.2, 0) is 16.3 Å². The Balaban J connectivity index is 1.67. The Morgan fingerprint density at radius 2 is 2.15 bits per heavy atom. The number of hydrogen-bond donors (Lipinski definition) is 3. The van der Waals surface area contributed by atoms with E-state index in [-0.39, 0.29) is 18.6 Å². The monoisotopic (exact) mass is 315 g/mol. The van der Waals surface area contributed by atoms with Gasteiger partial charge in [0.2, 0.25) is 0 Å². The number of rotatable bonds is 4. The molecule has 2 aromatic heterocycles. The molecule has 0 amide bonds. The highest BCUT2D eigenvalue weighted by molar-refractivity contribution is 8.06. The minimum atomic E-state index is -3.55. The van der Waals surface area contributed by atoms with Crippen LogP contribution in [0, 0.1) is 5.92 Å². The van der Waals surface area contributed by atoms with Crippen LogP contribution in [0.1, 0.15) is 18.9 Å². The average molecular weight is 315 g/mol. The first-order valence-corrected chi connectivity index (χ1v) is 8.69. The normalized spacial score (nSPS) is 22.9. The van der Waals surface area contributed by atoms with Crippen molar-refractivity contribution in [2.24, 2.45) is 5.92 Å². The standard InChI is InChI=1S/C10H14N5O3PS/c11-9-8-10(13-4-12-9)15(5-14-8)7-1-6(2-7)3-18-19(16,17)20/h4-7H,1-3H2,(H2,11,12,13)(H2,16,17,20). The zero-order valence-electron chi connectivity index (χ0n) is 10.5. The molecule has 0 aromatic carbocycles. The molecular formula is C10H14N5O3PS. The number of imidazole rings is 1. The van der Waals surface area contributed by atoms with Gasteiger partial charge in [0, 0.05) is 6.04 Å². The Bertz CT molecular complexity index is 681. The van der Waals surface area contributed by atoms with Crippen molar-refractivity contribution in [3.63, 3.8) is 0 Å². The molecule has 10 heteroatoms. The number of nitrogens with zero attached hydrogens (tertiary/aromatic N) is 4. The van der Waals surface area contributed by atoms with Crippen LogP contribution in [-0.4, -0.2) is 35.9 Å². The Morgan fingerprint density at radius 1 is 1.40 bits per heavy atom. The highest BCUT2D eigenvalue weighted by Crippen LogP contribution is 2.43. The van der Waals surface area contributed by atoms with E-state index >= 15 is 0 Å². The zero-order chi connectivity index (χ0) is 14.3. The number of hydrogen-bond acceptors (Lipinski definition) is 6. The summed E-state index contributed by atoms with van der Waals surface area (Å²) in [6.45, 7) is -3.28. The first-order valence-electron chi connectivity index (χ1n) is 6.07. The van der Waals surface area contributed by atoms with E-state index in [1.54, 1.807) is 6.33 Å². The molecule has 0 radical (unpaired) electrons. The van der Waals surface area contributed by atoms with Crippen molar-refractivity contribution in [2.75, 3.05) is 12.3 Å². The Morgan fingerprint density at radius 3 is 2.85 bits per heavy atom. The summed E-state index contributed by atoms with van der Waals surface area (Å²) >= 11 is 4.42. The molecule has 20 heavy (non-hydrogen) atoms. The molecule has 1 fully saturated rings. The fourth-order valence-electron chi connectivity index (χ4n) is 2.40. The molecule has 108 valence electrons. The van der Waals surface area contributed by atoms with E-state index in [1.807, 2.05) is 4.57 Å². The lowest BCUT2D eigenvalue weighted by Gasteiger charge is -2.36. The second-order valence-corrected chi connectivity index (χ2v) is 7.53. The number of anilines is 1. The predicted octanol–water partition coefficient (Wildman–Crippen LogP) is 0.585. The third-order valence-electron chi connectivity index (χ3n) is 3.47. The van der Waals surface area contributed by atoms with E-state index in [2.05, 4.69) is 26.8 Å². The maximum absolute atomic E-state index is 9.02. The van der Waals surface area contributed by atoms with Gasteiger partial charge in [-0.05, 0) is 30.6 Å². The van der Waals surface area contributed by atoms with Crippen molar-refractivity contribution in [3.05, 3.63) is 12.7 Å². The first-order chi connectivity index (χ1) is 9.44. The molecule has 3 rings (SSSR count). The van der Waals surface area contributed by atoms with E-state index in [1.165, 1.54) is 6.33 Å². The van der Waals surface area contributed by atoms with Gasteiger partial charge in [-0.3, -0.25) is 0 Å². The van der Waals surface area contributed by atoms with Crippen LogP contribution in [0.3, 0.4) is 0 Å². The van der Waals surface area contributed by atoms with Crippen molar-refractivity contribution in [3.8, 4) is 0 Å².